The summed E-state index contributed by atoms with van der Waals surface area (Å²) in [6.45, 7) is 6.66. The van der Waals surface area contributed by atoms with Crippen LogP contribution in [-0.4, -0.2) is 37.0 Å². The second-order valence-corrected chi connectivity index (χ2v) is 7.60. The Hall–Kier alpha value is -2.63. The number of amides is 2. The number of hydrogen-bond acceptors (Lipinski definition) is 4. The summed E-state index contributed by atoms with van der Waals surface area (Å²) in [5.41, 5.74) is 5.10. The molecule has 1 aliphatic rings. The van der Waals surface area contributed by atoms with Gasteiger partial charge in [0.2, 0.25) is 0 Å². The highest BCUT2D eigenvalue weighted by atomic mass is 35.5. The van der Waals surface area contributed by atoms with Crippen molar-refractivity contribution in [1.82, 2.24) is 4.90 Å². The molecule has 6 heteroatoms. The number of halogens is 1. The minimum absolute atomic E-state index is 0.279. The zero-order valence-corrected chi connectivity index (χ0v) is 17.9. The van der Waals surface area contributed by atoms with Gasteiger partial charge in [-0.3, -0.25) is 14.5 Å². The smallest absolute Gasteiger partial charge is 0.278 e. The summed E-state index contributed by atoms with van der Waals surface area (Å²) >= 11 is 6.24. The number of nitrogens with zero attached hydrogens (tertiary/aromatic N) is 1. The quantitative estimate of drug-likeness (QED) is 0.537. The van der Waals surface area contributed by atoms with Gasteiger partial charge in [0, 0.05) is 31.0 Å². The molecular weight excluding hydrogens is 388 g/mol. The molecule has 5 nitrogen and oxygen atoms in total. The zero-order chi connectivity index (χ0) is 21.1. The topological polar surface area (TPSA) is 58.6 Å². The van der Waals surface area contributed by atoms with Crippen LogP contribution in [0, 0.1) is 20.8 Å². The van der Waals surface area contributed by atoms with Crippen LogP contribution < -0.4 is 5.32 Å². The first-order valence-corrected chi connectivity index (χ1v) is 9.92. The first-order valence-electron chi connectivity index (χ1n) is 9.54. The molecule has 0 saturated carbocycles. The Morgan fingerprint density at radius 2 is 1.79 bits per heavy atom. The molecule has 2 aromatic rings. The first-order chi connectivity index (χ1) is 13.8. The number of carbonyl (C=O) groups excluding carboxylic acids is 2. The third-order valence-corrected chi connectivity index (χ3v) is 5.63. The lowest BCUT2D eigenvalue weighted by Gasteiger charge is -2.15. The van der Waals surface area contributed by atoms with Crippen LogP contribution in [0.1, 0.15) is 28.7 Å². The van der Waals surface area contributed by atoms with E-state index in [2.05, 4.69) is 5.32 Å². The number of methoxy groups -OCH3 is 1. The summed E-state index contributed by atoms with van der Waals surface area (Å²) in [6.07, 6.45) is 0.581. The van der Waals surface area contributed by atoms with Gasteiger partial charge < -0.3 is 10.1 Å². The Labute approximate surface area is 176 Å². The number of rotatable bonds is 7. The largest absolute Gasteiger partial charge is 0.385 e. The Bertz CT molecular complexity index is 998. The molecule has 29 heavy (non-hydrogen) atoms. The summed E-state index contributed by atoms with van der Waals surface area (Å²) in [4.78, 5) is 27.6. The van der Waals surface area contributed by atoms with Crippen LogP contribution >= 0.6 is 11.6 Å². The van der Waals surface area contributed by atoms with Gasteiger partial charge in [0.25, 0.3) is 11.8 Å². The van der Waals surface area contributed by atoms with Crippen molar-refractivity contribution in [2.75, 3.05) is 25.6 Å². The number of aryl methyl sites for hydroxylation is 2. The summed E-state index contributed by atoms with van der Waals surface area (Å²) in [5, 5.41) is 3.78. The molecule has 2 aromatic carbocycles. The van der Waals surface area contributed by atoms with Crippen LogP contribution in [0.15, 0.2) is 42.1 Å². The second kappa shape index (κ2) is 8.80. The molecule has 0 radical (unpaired) electrons. The standard InChI is InChI=1S/C23H25ClN2O3/c1-14-9-10-17(13-15(14)2)20-21(25-19-8-5-7-18(24)16(19)3)23(28)26(22(20)27)11-6-12-29-4/h5,7-10,13,25H,6,11-12H2,1-4H3. The molecule has 0 unspecified atom stereocenters. The fourth-order valence-corrected chi connectivity index (χ4v) is 3.48. The number of ether oxygens (including phenoxy) is 1. The van der Waals surface area contributed by atoms with Gasteiger partial charge >= 0.3 is 0 Å². The van der Waals surface area contributed by atoms with Crippen LogP contribution in [0.5, 0.6) is 0 Å². The Morgan fingerprint density at radius 1 is 1.03 bits per heavy atom. The number of benzene rings is 2. The van der Waals surface area contributed by atoms with E-state index < -0.39 is 0 Å². The summed E-state index contributed by atoms with van der Waals surface area (Å²) < 4.78 is 5.07. The average molecular weight is 413 g/mol. The van der Waals surface area contributed by atoms with Crippen molar-refractivity contribution in [3.63, 3.8) is 0 Å². The van der Waals surface area contributed by atoms with E-state index in [0.717, 1.165) is 22.3 Å². The lowest BCUT2D eigenvalue weighted by Crippen LogP contribution is -2.34. The van der Waals surface area contributed by atoms with E-state index >= 15 is 0 Å². The van der Waals surface area contributed by atoms with Gasteiger partial charge in [-0.2, -0.15) is 0 Å². The van der Waals surface area contributed by atoms with E-state index in [1.807, 2.05) is 51.1 Å². The van der Waals surface area contributed by atoms with Crippen LogP contribution in [0.25, 0.3) is 5.57 Å². The van der Waals surface area contributed by atoms with E-state index in [0.29, 0.717) is 35.9 Å². The van der Waals surface area contributed by atoms with E-state index in [1.54, 1.807) is 13.2 Å². The molecule has 0 aliphatic carbocycles. The predicted octanol–water partition coefficient (Wildman–Crippen LogP) is 4.49. The zero-order valence-electron chi connectivity index (χ0n) is 17.1. The third-order valence-electron chi connectivity index (χ3n) is 5.22. The lowest BCUT2D eigenvalue weighted by molar-refractivity contribution is -0.136. The summed E-state index contributed by atoms with van der Waals surface area (Å²) in [5.74, 6) is -0.629. The van der Waals surface area contributed by atoms with Crippen molar-refractivity contribution in [3.05, 3.63) is 69.4 Å². The lowest BCUT2D eigenvalue weighted by atomic mass is 9.99. The fraction of sp³-hybridized carbons (Fsp3) is 0.304. The van der Waals surface area contributed by atoms with Crippen molar-refractivity contribution >= 4 is 34.7 Å². The van der Waals surface area contributed by atoms with E-state index in [-0.39, 0.29) is 17.5 Å². The van der Waals surface area contributed by atoms with Crippen LogP contribution in [0.4, 0.5) is 5.69 Å². The normalized spacial score (nSPS) is 14.2. The maximum atomic E-state index is 13.2. The minimum Gasteiger partial charge on any atom is -0.385 e. The molecule has 3 rings (SSSR count). The highest BCUT2D eigenvalue weighted by Crippen LogP contribution is 2.33. The van der Waals surface area contributed by atoms with Gasteiger partial charge in [0.15, 0.2) is 0 Å². The van der Waals surface area contributed by atoms with E-state index in [9.17, 15) is 9.59 Å². The highest BCUT2D eigenvalue weighted by Gasteiger charge is 2.39. The molecule has 0 saturated heterocycles. The average Bonchev–Trinajstić information content (AvgIpc) is 2.92. The number of carbonyl (C=O) groups is 2. The third kappa shape index (κ3) is 4.21. The molecule has 1 N–H and O–H groups in total. The summed E-state index contributed by atoms with van der Waals surface area (Å²) in [7, 11) is 1.60. The molecule has 2 amide bonds. The molecular formula is C23H25ClN2O3. The monoisotopic (exact) mass is 412 g/mol. The van der Waals surface area contributed by atoms with Crippen LogP contribution in [-0.2, 0) is 14.3 Å². The Morgan fingerprint density at radius 3 is 2.48 bits per heavy atom. The van der Waals surface area contributed by atoms with Gasteiger partial charge in [-0.25, -0.2) is 0 Å². The molecule has 1 aliphatic heterocycles. The first kappa shape index (κ1) is 21.1. The molecule has 152 valence electrons. The molecule has 1 heterocycles. The van der Waals surface area contributed by atoms with Gasteiger partial charge in [-0.15, -0.1) is 0 Å². The highest BCUT2D eigenvalue weighted by molar-refractivity contribution is 6.36. The Kier molecular flexibility index (Phi) is 6.40. The summed E-state index contributed by atoms with van der Waals surface area (Å²) in [6, 6.07) is 11.2. The molecule has 0 bridgehead atoms. The number of anilines is 1. The van der Waals surface area contributed by atoms with Gasteiger partial charge in [0.05, 0.1) is 5.57 Å². The molecule has 0 spiro atoms. The second-order valence-electron chi connectivity index (χ2n) is 7.19. The van der Waals surface area contributed by atoms with Crippen molar-refractivity contribution in [1.29, 1.82) is 0 Å². The van der Waals surface area contributed by atoms with Crippen molar-refractivity contribution in [2.45, 2.75) is 27.2 Å². The van der Waals surface area contributed by atoms with E-state index in [1.165, 1.54) is 4.90 Å². The van der Waals surface area contributed by atoms with Crippen LogP contribution in [0.2, 0.25) is 5.02 Å². The van der Waals surface area contributed by atoms with Gasteiger partial charge in [0.1, 0.15) is 5.70 Å². The molecule has 0 atom stereocenters. The van der Waals surface area contributed by atoms with Crippen molar-refractivity contribution in [3.8, 4) is 0 Å². The maximum Gasteiger partial charge on any atom is 0.278 e. The minimum atomic E-state index is -0.335. The van der Waals surface area contributed by atoms with Crippen molar-refractivity contribution < 1.29 is 14.3 Å². The van der Waals surface area contributed by atoms with Gasteiger partial charge in [-0.1, -0.05) is 35.9 Å². The number of nitrogens with one attached hydrogen (secondary N) is 1. The maximum absolute atomic E-state index is 13.2. The predicted molar refractivity (Wildman–Crippen MR) is 116 cm³/mol. The SMILES string of the molecule is COCCCN1C(=O)C(Nc2cccc(Cl)c2C)=C(c2ccc(C)c(C)c2)C1=O. The van der Waals surface area contributed by atoms with Gasteiger partial charge in [-0.05, 0) is 61.6 Å². The van der Waals surface area contributed by atoms with Crippen LogP contribution in [0.3, 0.4) is 0 Å². The number of hydrogen-bond donors (Lipinski definition) is 1. The molecule has 0 fully saturated rings. The Balaban J connectivity index is 2.06. The molecule has 0 aromatic heterocycles. The van der Waals surface area contributed by atoms with E-state index in [4.69, 9.17) is 16.3 Å². The number of imide groups is 1. The fourth-order valence-electron chi connectivity index (χ4n) is 3.30. The van der Waals surface area contributed by atoms with Crippen molar-refractivity contribution in [2.24, 2.45) is 0 Å².